The summed E-state index contributed by atoms with van der Waals surface area (Å²) in [6.07, 6.45) is 1.29. The van der Waals surface area contributed by atoms with Crippen molar-refractivity contribution in [1.82, 2.24) is 0 Å². The van der Waals surface area contributed by atoms with Crippen molar-refractivity contribution in [1.29, 1.82) is 0 Å². The Bertz CT molecular complexity index is 378. The summed E-state index contributed by atoms with van der Waals surface area (Å²) >= 11 is 3.77. The largest absolute Gasteiger partial charge is 0.497 e. The molecule has 0 radical (unpaired) electrons. The van der Waals surface area contributed by atoms with E-state index in [0.717, 1.165) is 23.3 Å². The van der Waals surface area contributed by atoms with Gasteiger partial charge in [-0.1, -0.05) is 22.9 Å². The average Bonchev–Trinajstić information content (AvgIpc) is 3.04. The second kappa shape index (κ2) is 4.66. The molecule has 0 bridgehead atoms. The average molecular weight is 285 g/mol. The highest BCUT2D eigenvalue weighted by molar-refractivity contribution is 9.09. The molecule has 0 spiro atoms. The van der Waals surface area contributed by atoms with Crippen LogP contribution in [0.2, 0.25) is 0 Å². The van der Waals surface area contributed by atoms with E-state index in [1.54, 1.807) is 14.2 Å². The molecule has 2 rings (SSSR count). The Morgan fingerprint density at radius 2 is 2.00 bits per heavy atom. The lowest BCUT2D eigenvalue weighted by atomic mass is 10.1. The van der Waals surface area contributed by atoms with Crippen LogP contribution in [0.25, 0.3) is 0 Å². The zero-order valence-electron chi connectivity index (χ0n) is 9.87. The minimum absolute atomic E-state index is 0.368. The Kier molecular flexibility index (Phi) is 3.43. The van der Waals surface area contributed by atoms with Crippen molar-refractivity contribution < 1.29 is 9.47 Å². The Hall–Kier alpha value is -0.700. The first-order valence-corrected chi connectivity index (χ1v) is 6.45. The maximum atomic E-state index is 5.39. The van der Waals surface area contributed by atoms with E-state index in [1.165, 1.54) is 12.0 Å². The number of alkyl halides is 1. The van der Waals surface area contributed by atoms with Gasteiger partial charge in [0, 0.05) is 10.4 Å². The molecule has 1 aromatic carbocycles. The van der Waals surface area contributed by atoms with Crippen LogP contribution in [0, 0.1) is 11.8 Å². The molecule has 0 heterocycles. The molecule has 16 heavy (non-hydrogen) atoms. The van der Waals surface area contributed by atoms with Crippen molar-refractivity contribution in [2.75, 3.05) is 14.2 Å². The van der Waals surface area contributed by atoms with E-state index in [-0.39, 0.29) is 0 Å². The SMILES string of the molecule is COc1ccc(OC)c(C(Br)C2CC2C)c1. The number of ether oxygens (including phenoxy) is 2. The summed E-state index contributed by atoms with van der Waals surface area (Å²) in [5.74, 6) is 3.34. The number of benzene rings is 1. The summed E-state index contributed by atoms with van der Waals surface area (Å²) in [7, 11) is 3.40. The summed E-state index contributed by atoms with van der Waals surface area (Å²) < 4.78 is 10.6. The number of methoxy groups -OCH3 is 2. The fourth-order valence-electron chi connectivity index (χ4n) is 2.04. The van der Waals surface area contributed by atoms with E-state index in [1.807, 2.05) is 12.1 Å². The highest BCUT2D eigenvalue weighted by Gasteiger charge is 2.40. The first-order chi connectivity index (χ1) is 7.67. The van der Waals surface area contributed by atoms with Crippen LogP contribution in [-0.2, 0) is 0 Å². The molecule has 3 heteroatoms. The third kappa shape index (κ3) is 2.19. The van der Waals surface area contributed by atoms with Crippen LogP contribution in [0.4, 0.5) is 0 Å². The summed E-state index contributed by atoms with van der Waals surface area (Å²) in [6.45, 7) is 2.28. The molecule has 3 atom stereocenters. The molecular weight excluding hydrogens is 268 g/mol. The summed E-state index contributed by atoms with van der Waals surface area (Å²) in [5, 5.41) is 0. The Morgan fingerprint density at radius 1 is 1.31 bits per heavy atom. The standard InChI is InChI=1S/C13H17BrO2/c1-8-6-10(8)13(14)11-7-9(15-2)4-5-12(11)16-3/h4-5,7-8,10,13H,6H2,1-3H3. The normalized spacial score (nSPS) is 25.0. The third-order valence-electron chi connectivity index (χ3n) is 3.28. The first kappa shape index (κ1) is 11.8. The topological polar surface area (TPSA) is 18.5 Å². The number of halogens is 1. The van der Waals surface area contributed by atoms with E-state index in [2.05, 4.69) is 28.9 Å². The molecule has 1 aliphatic rings. The quantitative estimate of drug-likeness (QED) is 0.783. The van der Waals surface area contributed by atoms with Gasteiger partial charge in [-0.2, -0.15) is 0 Å². The van der Waals surface area contributed by atoms with Crippen LogP contribution in [-0.4, -0.2) is 14.2 Å². The van der Waals surface area contributed by atoms with Crippen LogP contribution >= 0.6 is 15.9 Å². The van der Waals surface area contributed by atoms with Gasteiger partial charge < -0.3 is 9.47 Å². The number of hydrogen-bond donors (Lipinski definition) is 0. The van der Waals surface area contributed by atoms with E-state index in [9.17, 15) is 0 Å². The molecule has 0 amide bonds. The second-order valence-electron chi connectivity index (χ2n) is 4.39. The molecule has 2 nitrogen and oxygen atoms in total. The molecule has 1 saturated carbocycles. The minimum atomic E-state index is 0.368. The van der Waals surface area contributed by atoms with Crippen molar-refractivity contribution in [2.45, 2.75) is 18.2 Å². The van der Waals surface area contributed by atoms with E-state index >= 15 is 0 Å². The zero-order valence-corrected chi connectivity index (χ0v) is 11.5. The predicted molar refractivity (Wildman–Crippen MR) is 68.5 cm³/mol. The lowest BCUT2D eigenvalue weighted by molar-refractivity contribution is 0.397. The number of rotatable bonds is 4. The third-order valence-corrected chi connectivity index (χ3v) is 4.45. The highest BCUT2D eigenvalue weighted by Crippen LogP contribution is 2.53. The number of hydrogen-bond acceptors (Lipinski definition) is 2. The van der Waals surface area contributed by atoms with Gasteiger partial charge in [0.1, 0.15) is 11.5 Å². The van der Waals surface area contributed by atoms with Gasteiger partial charge in [0.15, 0.2) is 0 Å². The minimum Gasteiger partial charge on any atom is -0.497 e. The highest BCUT2D eigenvalue weighted by atomic mass is 79.9. The maximum Gasteiger partial charge on any atom is 0.123 e. The van der Waals surface area contributed by atoms with Crippen molar-refractivity contribution in [2.24, 2.45) is 11.8 Å². The van der Waals surface area contributed by atoms with Gasteiger partial charge in [0.25, 0.3) is 0 Å². The van der Waals surface area contributed by atoms with Crippen molar-refractivity contribution in [3.05, 3.63) is 23.8 Å². The fraction of sp³-hybridized carbons (Fsp3) is 0.538. The van der Waals surface area contributed by atoms with Crippen LogP contribution in [0.5, 0.6) is 11.5 Å². The summed E-state index contributed by atoms with van der Waals surface area (Å²) in [6, 6.07) is 5.96. The smallest absolute Gasteiger partial charge is 0.123 e. The van der Waals surface area contributed by atoms with Crippen LogP contribution in [0.1, 0.15) is 23.7 Å². The van der Waals surface area contributed by atoms with E-state index in [0.29, 0.717) is 4.83 Å². The fourth-order valence-corrected chi connectivity index (χ4v) is 3.14. The lowest BCUT2D eigenvalue weighted by Crippen LogP contribution is -1.99. The van der Waals surface area contributed by atoms with Crippen molar-refractivity contribution >= 4 is 15.9 Å². The van der Waals surface area contributed by atoms with Gasteiger partial charge in [0.2, 0.25) is 0 Å². The molecule has 1 fully saturated rings. The lowest BCUT2D eigenvalue weighted by Gasteiger charge is -2.15. The molecule has 3 unspecified atom stereocenters. The van der Waals surface area contributed by atoms with Crippen LogP contribution in [0.15, 0.2) is 18.2 Å². The monoisotopic (exact) mass is 284 g/mol. The summed E-state index contributed by atoms with van der Waals surface area (Å²) in [5.41, 5.74) is 1.19. The zero-order chi connectivity index (χ0) is 11.7. The van der Waals surface area contributed by atoms with Crippen molar-refractivity contribution in [3.8, 4) is 11.5 Å². The molecule has 0 aromatic heterocycles. The molecule has 0 aliphatic heterocycles. The van der Waals surface area contributed by atoms with Gasteiger partial charge in [0.05, 0.1) is 14.2 Å². The van der Waals surface area contributed by atoms with Gasteiger partial charge in [-0.25, -0.2) is 0 Å². The maximum absolute atomic E-state index is 5.39. The molecule has 0 N–H and O–H groups in total. The molecule has 0 saturated heterocycles. The van der Waals surface area contributed by atoms with Crippen molar-refractivity contribution in [3.63, 3.8) is 0 Å². The van der Waals surface area contributed by atoms with Gasteiger partial charge in [-0.05, 0) is 36.5 Å². The van der Waals surface area contributed by atoms with Crippen LogP contribution < -0.4 is 9.47 Å². The predicted octanol–water partition coefficient (Wildman–Crippen LogP) is 3.80. The van der Waals surface area contributed by atoms with Gasteiger partial charge >= 0.3 is 0 Å². The molecule has 88 valence electrons. The van der Waals surface area contributed by atoms with Gasteiger partial charge in [-0.15, -0.1) is 0 Å². The molecule has 1 aliphatic carbocycles. The molecule has 1 aromatic rings. The first-order valence-electron chi connectivity index (χ1n) is 5.53. The summed E-state index contributed by atoms with van der Waals surface area (Å²) in [4.78, 5) is 0.368. The Morgan fingerprint density at radius 3 is 2.50 bits per heavy atom. The van der Waals surface area contributed by atoms with Crippen LogP contribution in [0.3, 0.4) is 0 Å². The Balaban J connectivity index is 2.29. The second-order valence-corrected chi connectivity index (χ2v) is 5.37. The van der Waals surface area contributed by atoms with Gasteiger partial charge in [-0.3, -0.25) is 0 Å². The van der Waals surface area contributed by atoms with E-state index < -0.39 is 0 Å². The molecular formula is C13H17BrO2. The Labute approximate surface area is 105 Å². The van der Waals surface area contributed by atoms with E-state index in [4.69, 9.17) is 9.47 Å².